The first-order valence-electron chi connectivity index (χ1n) is 18.4. The SMILES string of the molecule is CCN(CC)CCCC(C)Nc1c2ccc(Cl)cc2nc2ccc(OC)cc12.O=C([O-])c1ccccc1-c1c2cc(Br)c(=O)cc-2oc2[c]([Hg][OH])c([O-])c(Br)cc12.[Na+].[Na+]. The fourth-order valence-electron chi connectivity index (χ4n) is 7.01. The van der Waals surface area contributed by atoms with Crippen molar-refractivity contribution >= 4 is 91.0 Å². The van der Waals surface area contributed by atoms with Crippen LogP contribution in [0, 0.1) is 0 Å². The van der Waals surface area contributed by atoms with E-state index in [-0.39, 0.29) is 99.2 Å². The molecule has 16 heteroatoms. The molecule has 4 aromatic carbocycles. The predicted octanol–water partition coefficient (Wildman–Crippen LogP) is 2.12. The first-order valence-corrected chi connectivity index (χ1v) is 25.6. The normalized spacial score (nSPS) is 11.4. The average Bonchev–Trinajstić information content (AvgIpc) is 3.20. The van der Waals surface area contributed by atoms with Crippen LogP contribution in [0.3, 0.4) is 0 Å². The number of benzene rings is 5. The Morgan fingerprint density at radius 3 is 2.37 bits per heavy atom. The van der Waals surface area contributed by atoms with E-state index in [1.54, 1.807) is 37.4 Å². The number of aromatic nitrogens is 1. The molecule has 2 aliphatic rings. The van der Waals surface area contributed by atoms with Crippen molar-refractivity contribution < 1.29 is 111 Å². The number of anilines is 1. The van der Waals surface area contributed by atoms with Crippen molar-refractivity contribution in [1.29, 1.82) is 0 Å². The Bertz CT molecular complexity index is 2650. The molecular formula is C43H38Br2ClHgN3Na2O7. The van der Waals surface area contributed by atoms with Crippen LogP contribution in [0.4, 0.5) is 5.69 Å². The molecule has 0 fully saturated rings. The number of nitrogens with zero attached hydrogens (tertiary/aromatic N) is 2. The predicted molar refractivity (Wildman–Crippen MR) is 226 cm³/mol. The number of ether oxygens (including phenoxy) is 1. The number of rotatable bonds is 12. The van der Waals surface area contributed by atoms with Crippen LogP contribution in [0.15, 0.2) is 97.0 Å². The molecule has 1 aliphatic carbocycles. The van der Waals surface area contributed by atoms with Crippen LogP contribution in [0.5, 0.6) is 11.5 Å². The number of nitrogens with one attached hydrogen (secondary N) is 1. The Balaban J connectivity index is 0.000000252. The van der Waals surface area contributed by atoms with Crippen LogP contribution < -0.4 is 87.9 Å². The summed E-state index contributed by atoms with van der Waals surface area (Å²) in [6, 6.07) is 23.0. The van der Waals surface area contributed by atoms with Crippen LogP contribution in [0.1, 0.15) is 44.0 Å². The van der Waals surface area contributed by atoms with Gasteiger partial charge in [-0.25, -0.2) is 4.98 Å². The van der Waals surface area contributed by atoms with Crippen LogP contribution in [0.2, 0.25) is 5.02 Å². The molecule has 1 aliphatic heterocycles. The number of carbonyl (C=O) groups excluding carboxylic acids is 1. The maximum atomic E-state index is 12.5. The third-order valence-corrected chi connectivity index (χ3v) is 15.1. The summed E-state index contributed by atoms with van der Waals surface area (Å²) in [6.07, 6.45) is 2.28. The molecule has 0 radical (unpaired) electrons. The second-order valence-corrected chi connectivity index (χ2v) is 19.7. The van der Waals surface area contributed by atoms with Gasteiger partial charge in [0.1, 0.15) is 5.75 Å². The second-order valence-electron chi connectivity index (χ2n) is 13.5. The summed E-state index contributed by atoms with van der Waals surface area (Å²) in [5.41, 5.74) is 4.08. The third-order valence-electron chi connectivity index (χ3n) is 9.98. The Kier molecular flexibility index (Phi) is 19.0. The number of carboxylic acid groups (broad SMARTS) is 1. The largest absolute Gasteiger partial charge is 1.00 e. The zero-order valence-corrected chi connectivity index (χ0v) is 47.2. The van der Waals surface area contributed by atoms with E-state index < -0.39 is 31.0 Å². The van der Waals surface area contributed by atoms with Crippen molar-refractivity contribution in [1.82, 2.24) is 9.88 Å². The molecule has 5 aromatic rings. The summed E-state index contributed by atoms with van der Waals surface area (Å²) in [7, 11) is 1.69. The Labute approximate surface area is 421 Å². The van der Waals surface area contributed by atoms with Crippen LogP contribution in [-0.2, 0) is 25.0 Å². The molecule has 0 spiro atoms. The summed E-state index contributed by atoms with van der Waals surface area (Å²) in [5, 5.41) is 31.3. The van der Waals surface area contributed by atoms with Crippen molar-refractivity contribution in [3.05, 3.63) is 109 Å². The summed E-state index contributed by atoms with van der Waals surface area (Å²) in [6.45, 7) is 10.0. The van der Waals surface area contributed by atoms with Gasteiger partial charge in [-0.2, -0.15) is 0 Å². The summed E-state index contributed by atoms with van der Waals surface area (Å²) >= 11 is 9.92. The third kappa shape index (κ3) is 11.2. The van der Waals surface area contributed by atoms with E-state index in [1.165, 1.54) is 18.6 Å². The fourth-order valence-corrected chi connectivity index (χ4v) is 11.9. The Morgan fingerprint density at radius 1 is 0.966 bits per heavy atom. The quantitative estimate of drug-likeness (QED) is 0.138. The summed E-state index contributed by atoms with van der Waals surface area (Å²) < 4.78 is 22.1. The maximum Gasteiger partial charge on any atom is 1.00 e. The molecule has 0 amide bonds. The molecule has 59 heavy (non-hydrogen) atoms. The minimum absolute atomic E-state index is 0. The van der Waals surface area contributed by atoms with E-state index >= 15 is 0 Å². The van der Waals surface area contributed by atoms with E-state index in [9.17, 15) is 22.8 Å². The van der Waals surface area contributed by atoms with Crippen molar-refractivity contribution in [3.63, 3.8) is 0 Å². The van der Waals surface area contributed by atoms with E-state index in [0.717, 1.165) is 59.3 Å². The van der Waals surface area contributed by atoms with Crippen LogP contribution in [0.25, 0.3) is 55.2 Å². The van der Waals surface area contributed by atoms with E-state index in [1.807, 2.05) is 24.3 Å². The molecule has 2 N–H and O–H groups in total. The van der Waals surface area contributed by atoms with Gasteiger partial charge in [-0.15, -0.1) is 0 Å². The van der Waals surface area contributed by atoms with Crippen molar-refractivity contribution in [2.24, 2.45) is 0 Å². The number of halogens is 3. The zero-order valence-electron chi connectivity index (χ0n) is 33.8. The Hall–Kier alpha value is -1.78. The van der Waals surface area contributed by atoms with Gasteiger partial charge in [-0.05, 0) is 75.8 Å². The average molecular weight is 1150 g/mol. The first-order chi connectivity index (χ1) is 27.4. The number of methoxy groups -OCH3 is 1. The van der Waals surface area contributed by atoms with Crippen molar-refractivity contribution in [2.45, 2.75) is 39.7 Å². The van der Waals surface area contributed by atoms with Gasteiger partial charge >= 0.3 is 254 Å². The van der Waals surface area contributed by atoms with Gasteiger partial charge in [-0.1, -0.05) is 25.4 Å². The van der Waals surface area contributed by atoms with Gasteiger partial charge in [0.15, 0.2) is 0 Å². The number of hydrogen-bond donors (Lipinski definition) is 2. The van der Waals surface area contributed by atoms with Crippen LogP contribution >= 0.6 is 43.5 Å². The fraction of sp³-hybridized carbons (Fsp3) is 0.233. The minimum Gasteiger partial charge on any atom is 1.00 e. The molecule has 2 heterocycles. The minimum atomic E-state index is -2.75. The molecule has 292 valence electrons. The smallest absolute Gasteiger partial charge is 1.00 e. The molecule has 1 atom stereocenters. The monoisotopic (exact) mass is 1150 g/mol. The molecule has 0 bridgehead atoms. The zero-order chi connectivity index (χ0) is 41.0. The van der Waals surface area contributed by atoms with Crippen molar-refractivity contribution in [2.75, 3.05) is 32.1 Å². The number of carbonyl (C=O) groups is 1. The Morgan fingerprint density at radius 2 is 1.69 bits per heavy atom. The van der Waals surface area contributed by atoms with Crippen LogP contribution in [-0.4, -0.2) is 51.7 Å². The number of carboxylic acids is 1. The molecule has 7 rings (SSSR count). The van der Waals surface area contributed by atoms with E-state index in [4.69, 9.17) is 25.7 Å². The molecule has 0 saturated carbocycles. The number of hydrogen-bond acceptors (Lipinski definition) is 10. The van der Waals surface area contributed by atoms with E-state index in [2.05, 4.69) is 75.0 Å². The number of pyridine rings is 1. The van der Waals surface area contributed by atoms with E-state index in [0.29, 0.717) is 33.1 Å². The topological polar surface area (TPSA) is 151 Å². The molecular weight excluding hydrogens is 1110 g/mol. The second kappa shape index (κ2) is 22.5. The maximum absolute atomic E-state index is 12.5. The van der Waals surface area contributed by atoms with Gasteiger partial charge < -0.3 is 15.0 Å². The van der Waals surface area contributed by atoms with Gasteiger partial charge in [0.05, 0.1) is 23.8 Å². The molecule has 1 unspecified atom stereocenters. The van der Waals surface area contributed by atoms with Gasteiger partial charge in [0.2, 0.25) is 0 Å². The number of fused-ring (bicyclic) bond motifs is 4. The van der Waals surface area contributed by atoms with Gasteiger partial charge in [0.25, 0.3) is 0 Å². The number of aromatic carboxylic acids is 1. The van der Waals surface area contributed by atoms with Gasteiger partial charge in [0, 0.05) is 21.8 Å². The summed E-state index contributed by atoms with van der Waals surface area (Å²) in [4.78, 5) is 31.2. The van der Waals surface area contributed by atoms with Gasteiger partial charge in [-0.3, -0.25) is 0 Å². The first kappa shape index (κ1) is 49.9. The molecule has 0 saturated heterocycles. The molecule has 1 aromatic heterocycles. The van der Waals surface area contributed by atoms with Crippen molar-refractivity contribution in [3.8, 4) is 33.9 Å². The standard InChI is InChI=1S/C23H30ClN3O.C20H9Br2O5.Hg.2Na.H2O/c1-5-27(6-2)13-7-8-16(3)25-23-19-11-9-17(24)14-22(19)26-21-12-10-18(28-4)15-20(21)23;21-13-5-11-17(7-15(13)23)27-18-8-16(24)14(22)6-12(18)19(11)9-3-1-2-4-10(9)20(25)26;;;;/h9-12,14-16H,5-8,13H2,1-4H3,(H,25,26);1-7,24H,(H,25,26);;;;1H2/q;;3*+1;/p-3. The molecule has 10 nitrogen and oxygen atoms in total. The summed E-state index contributed by atoms with van der Waals surface area (Å²) in [5.74, 6) is -0.689.